The van der Waals surface area contributed by atoms with Crippen molar-refractivity contribution in [1.82, 2.24) is 15.6 Å². The monoisotopic (exact) mass is 277 g/mol. The summed E-state index contributed by atoms with van der Waals surface area (Å²) >= 11 is 1.48. The molecule has 0 aliphatic carbocycles. The summed E-state index contributed by atoms with van der Waals surface area (Å²) in [6.07, 6.45) is 2.58. The molecule has 0 aromatic carbocycles. The van der Waals surface area contributed by atoms with Crippen LogP contribution in [-0.4, -0.2) is 30.0 Å². The molecule has 0 bridgehead atoms. The van der Waals surface area contributed by atoms with Crippen LogP contribution in [0.3, 0.4) is 0 Å². The molecule has 1 amide bonds. The fourth-order valence-corrected chi connectivity index (χ4v) is 3.02. The molecule has 1 aliphatic rings. The van der Waals surface area contributed by atoms with Crippen LogP contribution in [0, 0.1) is 6.92 Å². The molecule has 5 nitrogen and oxygen atoms in total. The highest BCUT2D eigenvalue weighted by atomic mass is 32.1. The van der Waals surface area contributed by atoms with Crippen LogP contribution < -0.4 is 10.6 Å². The van der Waals surface area contributed by atoms with Gasteiger partial charge in [0.05, 0.1) is 6.26 Å². The quantitative estimate of drug-likeness (QED) is 0.898. The Balaban J connectivity index is 1.78. The number of aromatic nitrogens is 1. The highest BCUT2D eigenvalue weighted by Gasteiger charge is 2.22. The molecule has 2 N–H and O–H groups in total. The Morgan fingerprint density at radius 3 is 3.21 bits per heavy atom. The Kier molecular flexibility index (Phi) is 3.35. The van der Waals surface area contributed by atoms with Crippen molar-refractivity contribution in [3.63, 3.8) is 0 Å². The number of aryl methyl sites for hydroxylation is 1. The van der Waals surface area contributed by atoms with Gasteiger partial charge in [-0.15, -0.1) is 11.3 Å². The second kappa shape index (κ2) is 5.14. The van der Waals surface area contributed by atoms with E-state index < -0.39 is 0 Å². The Morgan fingerprint density at radius 2 is 2.53 bits per heavy atom. The smallest absolute Gasteiger partial charge is 0.271 e. The minimum Gasteiger partial charge on any atom is -0.462 e. The van der Waals surface area contributed by atoms with Crippen LogP contribution in [0.1, 0.15) is 21.8 Å². The molecule has 2 aromatic heterocycles. The van der Waals surface area contributed by atoms with Crippen LogP contribution in [0.5, 0.6) is 0 Å². The summed E-state index contributed by atoms with van der Waals surface area (Å²) in [5.74, 6) is 0.606. The highest BCUT2D eigenvalue weighted by molar-refractivity contribution is 7.15. The molecule has 100 valence electrons. The van der Waals surface area contributed by atoms with Gasteiger partial charge in [0.25, 0.3) is 5.91 Å². The van der Waals surface area contributed by atoms with Gasteiger partial charge in [0, 0.05) is 17.5 Å². The van der Waals surface area contributed by atoms with Crippen molar-refractivity contribution in [3.8, 4) is 10.8 Å². The number of carbonyl (C=O) groups is 1. The normalized spacial score (nSPS) is 18.7. The maximum Gasteiger partial charge on any atom is 0.271 e. The lowest BCUT2D eigenvalue weighted by Crippen LogP contribution is -2.36. The molecular weight excluding hydrogens is 262 g/mol. The average molecular weight is 277 g/mol. The molecule has 0 saturated carbocycles. The molecule has 19 heavy (non-hydrogen) atoms. The number of amides is 1. The number of rotatable bonds is 3. The summed E-state index contributed by atoms with van der Waals surface area (Å²) in [6.45, 7) is 3.70. The van der Waals surface area contributed by atoms with E-state index in [0.29, 0.717) is 11.5 Å². The maximum absolute atomic E-state index is 12.2. The molecule has 1 atom stereocenters. The summed E-state index contributed by atoms with van der Waals surface area (Å²) < 4.78 is 5.31. The number of nitrogens with zero attached hydrogens (tertiary/aromatic N) is 1. The van der Waals surface area contributed by atoms with E-state index in [1.807, 2.05) is 19.1 Å². The first kappa shape index (κ1) is 12.4. The number of hydrogen-bond donors (Lipinski definition) is 2. The van der Waals surface area contributed by atoms with Crippen LogP contribution in [0.25, 0.3) is 10.8 Å². The molecule has 3 heterocycles. The van der Waals surface area contributed by atoms with Gasteiger partial charge in [-0.1, -0.05) is 0 Å². The average Bonchev–Trinajstić information content (AvgIpc) is 3.07. The summed E-state index contributed by atoms with van der Waals surface area (Å²) in [4.78, 5) is 17.5. The van der Waals surface area contributed by atoms with E-state index in [9.17, 15) is 4.79 Å². The molecule has 1 saturated heterocycles. The molecule has 0 spiro atoms. The SMILES string of the molecule is Cc1sc(-c2ccco2)nc1C(=O)NC1CCNC1. The van der Waals surface area contributed by atoms with Crippen molar-refractivity contribution in [2.24, 2.45) is 0 Å². The lowest BCUT2D eigenvalue weighted by molar-refractivity contribution is 0.0935. The zero-order valence-electron chi connectivity index (χ0n) is 10.6. The van der Waals surface area contributed by atoms with Crippen LogP contribution in [0.4, 0.5) is 0 Å². The standard InChI is InChI=1S/C13H15N3O2S/c1-8-11(12(17)15-9-4-5-14-7-9)16-13(19-8)10-3-2-6-18-10/h2-3,6,9,14H,4-5,7H2,1H3,(H,15,17). The first-order valence-electron chi connectivity index (χ1n) is 6.27. The first-order chi connectivity index (χ1) is 9.24. The van der Waals surface area contributed by atoms with Gasteiger partial charge in [-0.3, -0.25) is 4.79 Å². The van der Waals surface area contributed by atoms with Crippen LogP contribution >= 0.6 is 11.3 Å². The lowest BCUT2D eigenvalue weighted by atomic mass is 10.2. The first-order valence-corrected chi connectivity index (χ1v) is 7.08. The molecule has 6 heteroatoms. The fourth-order valence-electron chi connectivity index (χ4n) is 2.14. The molecular formula is C13H15N3O2S. The van der Waals surface area contributed by atoms with Crippen molar-refractivity contribution in [2.75, 3.05) is 13.1 Å². The second-order valence-corrected chi connectivity index (χ2v) is 5.77. The summed E-state index contributed by atoms with van der Waals surface area (Å²) in [5, 5.41) is 6.98. The number of nitrogens with one attached hydrogen (secondary N) is 2. The minimum atomic E-state index is -0.0970. The van der Waals surface area contributed by atoms with E-state index in [4.69, 9.17) is 4.42 Å². The Hall–Kier alpha value is -1.66. The predicted molar refractivity (Wildman–Crippen MR) is 73.3 cm³/mol. The van der Waals surface area contributed by atoms with Gasteiger partial charge in [-0.2, -0.15) is 0 Å². The van der Waals surface area contributed by atoms with Crippen LogP contribution in [-0.2, 0) is 0 Å². The summed E-state index contributed by atoms with van der Waals surface area (Å²) in [5.41, 5.74) is 0.503. The summed E-state index contributed by atoms with van der Waals surface area (Å²) in [7, 11) is 0. The summed E-state index contributed by atoms with van der Waals surface area (Å²) in [6, 6.07) is 3.87. The van der Waals surface area contributed by atoms with Gasteiger partial charge in [0.15, 0.2) is 10.8 Å². The van der Waals surface area contributed by atoms with Crippen molar-refractivity contribution >= 4 is 17.2 Å². The van der Waals surface area contributed by atoms with Gasteiger partial charge in [-0.25, -0.2) is 4.98 Å². The van der Waals surface area contributed by atoms with E-state index in [1.165, 1.54) is 11.3 Å². The molecule has 2 aromatic rings. The van der Waals surface area contributed by atoms with Gasteiger partial charge in [0.1, 0.15) is 5.69 Å². The Bertz CT molecular complexity index is 571. The molecule has 3 rings (SSSR count). The topological polar surface area (TPSA) is 67.2 Å². The zero-order valence-corrected chi connectivity index (χ0v) is 11.4. The van der Waals surface area contributed by atoms with E-state index in [0.717, 1.165) is 29.4 Å². The molecule has 1 aliphatic heterocycles. The van der Waals surface area contributed by atoms with Crippen LogP contribution in [0.2, 0.25) is 0 Å². The van der Waals surface area contributed by atoms with Gasteiger partial charge < -0.3 is 15.1 Å². The number of furan rings is 1. The third-order valence-corrected chi connectivity index (χ3v) is 4.12. The van der Waals surface area contributed by atoms with E-state index >= 15 is 0 Å². The number of carbonyl (C=O) groups excluding carboxylic acids is 1. The third-order valence-electron chi connectivity index (χ3n) is 3.14. The Labute approximate surface area is 115 Å². The highest BCUT2D eigenvalue weighted by Crippen LogP contribution is 2.27. The zero-order chi connectivity index (χ0) is 13.2. The molecule has 1 fully saturated rings. The van der Waals surface area contributed by atoms with Crippen molar-refractivity contribution in [1.29, 1.82) is 0 Å². The predicted octanol–water partition coefficient (Wildman–Crippen LogP) is 1.80. The van der Waals surface area contributed by atoms with E-state index in [2.05, 4.69) is 15.6 Å². The number of hydrogen-bond acceptors (Lipinski definition) is 5. The van der Waals surface area contributed by atoms with Gasteiger partial charge >= 0.3 is 0 Å². The largest absolute Gasteiger partial charge is 0.462 e. The van der Waals surface area contributed by atoms with E-state index in [-0.39, 0.29) is 11.9 Å². The minimum absolute atomic E-state index is 0.0970. The Morgan fingerprint density at radius 1 is 1.63 bits per heavy atom. The molecule has 0 radical (unpaired) electrons. The van der Waals surface area contributed by atoms with Crippen LogP contribution in [0.15, 0.2) is 22.8 Å². The van der Waals surface area contributed by atoms with Gasteiger partial charge in [-0.05, 0) is 32.0 Å². The van der Waals surface area contributed by atoms with Crippen molar-refractivity contribution in [3.05, 3.63) is 29.0 Å². The second-order valence-electron chi connectivity index (χ2n) is 4.56. The van der Waals surface area contributed by atoms with Crippen molar-refractivity contribution in [2.45, 2.75) is 19.4 Å². The maximum atomic E-state index is 12.2. The van der Waals surface area contributed by atoms with E-state index in [1.54, 1.807) is 6.26 Å². The lowest BCUT2D eigenvalue weighted by Gasteiger charge is -2.09. The van der Waals surface area contributed by atoms with Crippen molar-refractivity contribution < 1.29 is 9.21 Å². The fraction of sp³-hybridized carbons (Fsp3) is 0.385. The van der Waals surface area contributed by atoms with Gasteiger partial charge in [0.2, 0.25) is 0 Å². The number of thiazole rings is 1. The molecule has 1 unspecified atom stereocenters. The third kappa shape index (κ3) is 2.54.